The van der Waals surface area contributed by atoms with Gasteiger partial charge in [0.25, 0.3) is 0 Å². The van der Waals surface area contributed by atoms with Gasteiger partial charge in [-0.05, 0) is 54.8 Å². The smallest absolute Gasteiger partial charge is 0.351 e. The molecule has 2 aromatic rings. The lowest BCUT2D eigenvalue weighted by Gasteiger charge is -2.26. The van der Waals surface area contributed by atoms with E-state index in [1.54, 1.807) is 31.5 Å². The van der Waals surface area contributed by atoms with Crippen molar-refractivity contribution < 1.29 is 9.47 Å². The van der Waals surface area contributed by atoms with E-state index < -0.39 is 29.6 Å². The first-order chi connectivity index (χ1) is 18.9. The molecule has 15 nitrogen and oxygen atoms in total. The van der Waals surface area contributed by atoms with Crippen molar-refractivity contribution in [2.75, 3.05) is 5.73 Å². The lowest BCUT2D eigenvalue weighted by Crippen LogP contribution is -2.32. The molecule has 0 spiro atoms. The molecular formula is C25H37N11O4. The Hall–Kier alpha value is -3.90. The molecule has 0 bridgehead atoms. The molecule has 0 radical (unpaired) electrons. The quantitative estimate of drug-likeness (QED) is 0.298. The number of hydrogen-bond acceptors (Lipinski definition) is 9. The summed E-state index contributed by atoms with van der Waals surface area (Å²) in [7, 11) is 0. The lowest BCUT2D eigenvalue weighted by molar-refractivity contribution is -0.0860. The van der Waals surface area contributed by atoms with Crippen molar-refractivity contribution in [3.05, 3.63) is 72.1 Å². The summed E-state index contributed by atoms with van der Waals surface area (Å²) in [6.45, 7) is 13.5. The van der Waals surface area contributed by atoms with Gasteiger partial charge in [-0.2, -0.15) is 9.97 Å². The number of nitrogen functional groups attached to an aromatic ring is 1. The Morgan fingerprint density at radius 1 is 0.875 bits per heavy atom. The molecule has 8 atom stereocenters. The van der Waals surface area contributed by atoms with Crippen LogP contribution < -0.4 is 17.1 Å². The van der Waals surface area contributed by atoms with E-state index in [1.165, 1.54) is 9.13 Å². The van der Waals surface area contributed by atoms with Gasteiger partial charge >= 0.3 is 11.4 Å². The Morgan fingerprint density at radius 3 is 1.68 bits per heavy atom. The van der Waals surface area contributed by atoms with Crippen LogP contribution in [0.15, 0.2) is 44.3 Å². The van der Waals surface area contributed by atoms with Crippen LogP contribution in [-0.2, 0) is 9.47 Å². The normalized spacial score (nSPS) is 32.9. The highest BCUT2D eigenvalue weighted by atomic mass is 16.6. The second-order valence-electron chi connectivity index (χ2n) is 10.4. The van der Waals surface area contributed by atoms with Crippen molar-refractivity contribution in [2.45, 2.75) is 85.2 Å². The van der Waals surface area contributed by atoms with Crippen molar-refractivity contribution in [1.29, 1.82) is 0 Å². The fraction of sp³-hybridized carbons (Fsp3) is 0.680. The van der Waals surface area contributed by atoms with Crippen molar-refractivity contribution in [2.24, 2.45) is 33.9 Å². The van der Waals surface area contributed by atoms with E-state index in [0.29, 0.717) is 18.5 Å². The number of nitrogens with zero attached hydrogens (tertiary/aromatic N) is 10. The first-order valence-electron chi connectivity index (χ1n) is 13.3. The highest BCUT2D eigenvalue weighted by Crippen LogP contribution is 2.48. The van der Waals surface area contributed by atoms with Gasteiger partial charge in [0.05, 0.1) is 0 Å². The number of nitrogens with two attached hydrogens (primary N) is 1. The van der Waals surface area contributed by atoms with Gasteiger partial charge in [-0.25, -0.2) is 9.59 Å². The van der Waals surface area contributed by atoms with Gasteiger partial charge in [-0.3, -0.25) is 9.13 Å². The maximum atomic E-state index is 12.0. The topological polar surface area (TPSA) is 212 Å². The van der Waals surface area contributed by atoms with Crippen LogP contribution in [0.5, 0.6) is 0 Å². The van der Waals surface area contributed by atoms with Crippen LogP contribution in [0.2, 0.25) is 0 Å². The molecule has 4 heterocycles. The fourth-order valence-corrected chi connectivity index (χ4v) is 5.43. The van der Waals surface area contributed by atoms with Gasteiger partial charge in [0, 0.05) is 39.7 Å². The first-order valence-corrected chi connectivity index (χ1v) is 13.3. The van der Waals surface area contributed by atoms with Crippen molar-refractivity contribution in [3.8, 4) is 0 Å². The second kappa shape index (κ2) is 12.1. The molecule has 2 aliphatic rings. The second-order valence-corrected chi connectivity index (χ2v) is 10.4. The zero-order chi connectivity index (χ0) is 29.8. The molecule has 40 heavy (non-hydrogen) atoms. The molecule has 216 valence electrons. The first kappa shape index (κ1) is 30.6. The minimum Gasteiger partial charge on any atom is -0.383 e. The SMILES string of the molecule is CC[C@@]1(N=[N+]=[N-])OC(n2ccc(C)nc2=O)[C@H](C)[C@@H]1C.CC[C@@]1(N=[N+]=[N-])OC(n2ccc(N)nc2=O)[C@H](C)[C@@H]1C. The molecule has 0 aromatic carbocycles. The van der Waals surface area contributed by atoms with Gasteiger partial charge in [0.2, 0.25) is 0 Å². The van der Waals surface area contributed by atoms with E-state index in [0.717, 1.165) is 0 Å². The van der Waals surface area contributed by atoms with Gasteiger partial charge < -0.3 is 15.2 Å². The number of rotatable bonds is 6. The van der Waals surface area contributed by atoms with E-state index in [4.69, 9.17) is 26.3 Å². The van der Waals surface area contributed by atoms with Crippen LogP contribution in [0.1, 0.15) is 72.5 Å². The minimum absolute atomic E-state index is 0.00331. The van der Waals surface area contributed by atoms with Crippen LogP contribution in [0.25, 0.3) is 20.9 Å². The van der Waals surface area contributed by atoms with Crippen molar-refractivity contribution in [1.82, 2.24) is 19.1 Å². The number of hydrogen-bond donors (Lipinski definition) is 1. The fourth-order valence-electron chi connectivity index (χ4n) is 5.43. The average Bonchev–Trinajstić information content (AvgIpc) is 3.31. The Labute approximate surface area is 231 Å². The van der Waals surface area contributed by atoms with Crippen LogP contribution in [0.3, 0.4) is 0 Å². The average molecular weight is 556 g/mol. The van der Waals surface area contributed by atoms with Crippen molar-refractivity contribution in [3.63, 3.8) is 0 Å². The molecular weight excluding hydrogens is 518 g/mol. The lowest BCUT2D eigenvalue weighted by atomic mass is 9.87. The summed E-state index contributed by atoms with van der Waals surface area (Å²) in [5, 5.41) is 7.68. The summed E-state index contributed by atoms with van der Waals surface area (Å²) in [6, 6.07) is 3.31. The molecule has 2 N–H and O–H groups in total. The van der Waals surface area contributed by atoms with E-state index in [1.807, 2.05) is 41.5 Å². The molecule has 15 heteroatoms. The number of ether oxygens (including phenoxy) is 2. The molecule has 0 saturated carbocycles. The summed E-state index contributed by atoms with van der Waals surface area (Å²) in [5.41, 5.74) is 21.0. The molecule has 2 unspecified atom stereocenters. The van der Waals surface area contributed by atoms with E-state index in [-0.39, 0.29) is 35.2 Å². The summed E-state index contributed by atoms with van der Waals surface area (Å²) in [5.74, 6) is 0.215. The van der Waals surface area contributed by atoms with Crippen LogP contribution in [0, 0.1) is 30.6 Å². The number of aromatic nitrogens is 4. The summed E-state index contributed by atoms with van der Waals surface area (Å²) < 4.78 is 14.8. The van der Waals surface area contributed by atoms with Gasteiger partial charge in [-0.15, -0.1) is 0 Å². The van der Waals surface area contributed by atoms with E-state index in [2.05, 4.69) is 30.0 Å². The Bertz CT molecular complexity index is 1320. The van der Waals surface area contributed by atoms with Gasteiger partial charge in [0.1, 0.15) is 18.3 Å². The standard InChI is InChI=1S/C13H19N5O2.C12H18N6O2/c1-5-13(16-17-14)10(4)9(3)11(20-13)18-7-6-8(2)15-12(18)19;1-4-12(16-17-14)8(3)7(2)10(20-12)18-6-5-9(13)15-11(18)19/h6-7,9-11H,5H2,1-4H3;5-8,10H,4H2,1-3H3,(H2,13,15,19)/t9-,10+,11?,13-;7-,8+,10?,12-/m11/s1. The highest BCUT2D eigenvalue weighted by Gasteiger charge is 2.51. The Kier molecular flexibility index (Phi) is 9.26. The third-order valence-electron chi connectivity index (χ3n) is 8.36. The van der Waals surface area contributed by atoms with E-state index in [9.17, 15) is 9.59 Å². The van der Waals surface area contributed by atoms with Gasteiger partial charge in [-0.1, -0.05) is 51.8 Å². The third-order valence-corrected chi connectivity index (χ3v) is 8.36. The van der Waals surface area contributed by atoms with Crippen LogP contribution in [0.4, 0.5) is 5.82 Å². The zero-order valence-corrected chi connectivity index (χ0v) is 23.9. The molecule has 2 aliphatic heterocycles. The number of azide groups is 2. The monoisotopic (exact) mass is 555 g/mol. The molecule has 2 aromatic heterocycles. The molecule has 0 amide bonds. The summed E-state index contributed by atoms with van der Waals surface area (Å²) in [4.78, 5) is 37.3. The van der Waals surface area contributed by atoms with Crippen LogP contribution >= 0.6 is 0 Å². The molecule has 2 fully saturated rings. The summed E-state index contributed by atoms with van der Waals surface area (Å²) >= 11 is 0. The third kappa shape index (κ3) is 5.54. The number of anilines is 1. The largest absolute Gasteiger partial charge is 0.383 e. The van der Waals surface area contributed by atoms with E-state index >= 15 is 0 Å². The highest BCUT2D eigenvalue weighted by molar-refractivity contribution is 5.23. The molecule has 2 saturated heterocycles. The summed E-state index contributed by atoms with van der Waals surface area (Å²) in [6.07, 6.45) is 3.36. The minimum atomic E-state index is -0.931. The number of aryl methyl sites for hydroxylation is 1. The Morgan fingerprint density at radius 2 is 1.30 bits per heavy atom. The maximum Gasteiger partial charge on any atom is 0.351 e. The van der Waals surface area contributed by atoms with Crippen LogP contribution in [-0.4, -0.2) is 30.6 Å². The maximum absolute atomic E-state index is 12.0. The predicted molar refractivity (Wildman–Crippen MR) is 147 cm³/mol. The predicted octanol–water partition coefficient (Wildman–Crippen LogP) is 4.81. The van der Waals surface area contributed by atoms with Gasteiger partial charge in [0.15, 0.2) is 11.4 Å². The zero-order valence-electron chi connectivity index (χ0n) is 23.9. The molecule has 4 rings (SSSR count). The molecule has 0 aliphatic carbocycles. The Balaban J connectivity index is 0.000000220. The van der Waals surface area contributed by atoms with Crippen molar-refractivity contribution >= 4 is 5.82 Å².